The van der Waals surface area contributed by atoms with Gasteiger partial charge in [0.2, 0.25) is 5.91 Å². The van der Waals surface area contributed by atoms with Crippen LogP contribution < -0.4 is 0 Å². The second-order valence-corrected chi connectivity index (χ2v) is 9.82. The molecule has 1 aromatic heterocycles. The molecule has 0 aliphatic carbocycles. The van der Waals surface area contributed by atoms with Crippen LogP contribution in [0, 0.1) is 5.92 Å². The van der Waals surface area contributed by atoms with E-state index in [2.05, 4.69) is 41.1 Å². The molecule has 3 aliphatic rings. The maximum absolute atomic E-state index is 13.2. The molecule has 0 saturated carbocycles. The Kier molecular flexibility index (Phi) is 6.60. The van der Waals surface area contributed by atoms with Gasteiger partial charge in [0.25, 0.3) is 0 Å². The highest BCUT2D eigenvalue weighted by atomic mass is 16.4. The lowest BCUT2D eigenvalue weighted by atomic mass is 9.92. The number of carbonyl (C=O) groups is 1. The van der Waals surface area contributed by atoms with Crippen molar-refractivity contribution >= 4 is 5.91 Å². The Morgan fingerprint density at radius 3 is 2.50 bits per heavy atom. The first-order valence-electron chi connectivity index (χ1n) is 12.4. The van der Waals surface area contributed by atoms with E-state index in [9.17, 15) is 4.79 Å². The first-order chi connectivity index (χ1) is 15.7. The molecule has 5 rings (SSSR count). The van der Waals surface area contributed by atoms with Crippen molar-refractivity contribution in [3.05, 3.63) is 53.2 Å². The lowest BCUT2D eigenvalue weighted by Gasteiger charge is -2.41. The van der Waals surface area contributed by atoms with Crippen molar-refractivity contribution in [1.29, 1.82) is 0 Å². The van der Waals surface area contributed by atoms with Crippen LogP contribution in [-0.4, -0.2) is 71.4 Å². The van der Waals surface area contributed by atoms with Crippen LogP contribution in [0.4, 0.5) is 0 Å². The smallest absolute Gasteiger partial charge is 0.226 e. The van der Waals surface area contributed by atoms with Gasteiger partial charge in [0, 0.05) is 31.3 Å². The molecule has 0 N–H and O–H groups in total. The third-order valence-corrected chi connectivity index (χ3v) is 7.64. The summed E-state index contributed by atoms with van der Waals surface area (Å²) in [6, 6.07) is 11.2. The minimum atomic E-state index is 0.170. The van der Waals surface area contributed by atoms with Gasteiger partial charge < -0.3 is 19.1 Å². The molecule has 0 unspecified atom stereocenters. The van der Waals surface area contributed by atoms with Crippen LogP contribution in [0.1, 0.15) is 48.6 Å². The van der Waals surface area contributed by atoms with E-state index < -0.39 is 0 Å². The van der Waals surface area contributed by atoms with Gasteiger partial charge in [0.1, 0.15) is 11.5 Å². The summed E-state index contributed by atoms with van der Waals surface area (Å²) in [4.78, 5) is 25.1. The monoisotopic (exact) mass is 436 g/mol. The molecule has 0 spiro atoms. The lowest BCUT2D eigenvalue weighted by molar-refractivity contribution is -0.138. The molecule has 0 radical (unpaired) electrons. The van der Waals surface area contributed by atoms with Gasteiger partial charge in [0.15, 0.2) is 5.89 Å². The fourth-order valence-electron chi connectivity index (χ4n) is 5.57. The molecule has 172 valence electrons. The summed E-state index contributed by atoms with van der Waals surface area (Å²) in [5.41, 5.74) is 2.27. The maximum Gasteiger partial charge on any atom is 0.226 e. The number of hydrogen-bond acceptors (Lipinski definition) is 5. The topological polar surface area (TPSA) is 52.8 Å². The van der Waals surface area contributed by atoms with Crippen molar-refractivity contribution in [2.75, 3.05) is 39.8 Å². The summed E-state index contributed by atoms with van der Waals surface area (Å²) < 4.78 is 6.03. The largest absolute Gasteiger partial charge is 0.445 e. The predicted octanol–water partition coefficient (Wildman–Crippen LogP) is 3.15. The van der Waals surface area contributed by atoms with Gasteiger partial charge in [0.05, 0.1) is 6.54 Å². The number of oxazole rings is 1. The van der Waals surface area contributed by atoms with Crippen molar-refractivity contribution in [1.82, 2.24) is 19.7 Å². The van der Waals surface area contributed by atoms with E-state index in [1.54, 1.807) is 0 Å². The number of carbonyl (C=O) groups excluding carboxylic acids is 1. The molecule has 2 fully saturated rings. The van der Waals surface area contributed by atoms with Crippen molar-refractivity contribution in [2.45, 2.75) is 57.5 Å². The van der Waals surface area contributed by atoms with Gasteiger partial charge in [-0.2, -0.15) is 0 Å². The molecule has 1 aromatic carbocycles. The fourth-order valence-corrected chi connectivity index (χ4v) is 5.57. The van der Waals surface area contributed by atoms with Crippen LogP contribution in [0.3, 0.4) is 0 Å². The summed E-state index contributed by atoms with van der Waals surface area (Å²) in [5.74, 6) is 2.28. The standard InChI is InChI=1S/C26H36N4O2/c1-28-14-11-22(12-15-28)29-16-9-21(10-17-29)26(31)30-18-13-24-23(19-30)27-25(32-24)8-7-20-5-3-2-4-6-20/h2-6,21-22H,7-19H2,1H3. The maximum atomic E-state index is 13.2. The molecule has 4 heterocycles. The van der Waals surface area contributed by atoms with Crippen molar-refractivity contribution in [3.63, 3.8) is 0 Å². The zero-order valence-electron chi connectivity index (χ0n) is 19.3. The summed E-state index contributed by atoms with van der Waals surface area (Å²) in [5, 5.41) is 0. The van der Waals surface area contributed by atoms with Crippen LogP contribution >= 0.6 is 0 Å². The number of likely N-dealkylation sites (tertiary alicyclic amines) is 2. The predicted molar refractivity (Wildman–Crippen MR) is 124 cm³/mol. The van der Waals surface area contributed by atoms with Crippen LogP contribution in [0.2, 0.25) is 0 Å². The van der Waals surface area contributed by atoms with Gasteiger partial charge >= 0.3 is 0 Å². The third kappa shape index (κ3) is 4.91. The number of aromatic nitrogens is 1. The first-order valence-corrected chi connectivity index (χ1v) is 12.4. The van der Waals surface area contributed by atoms with Crippen LogP contribution in [0.15, 0.2) is 34.7 Å². The summed E-state index contributed by atoms with van der Waals surface area (Å²) in [6.07, 6.45) is 7.05. The molecule has 1 amide bonds. The highest BCUT2D eigenvalue weighted by Crippen LogP contribution is 2.27. The first kappa shape index (κ1) is 21.7. The SMILES string of the molecule is CN1CCC(N2CCC(C(=O)N3CCc4oc(CCc5ccccc5)nc4C3)CC2)CC1. The zero-order chi connectivity index (χ0) is 21.9. The Balaban J connectivity index is 1.12. The average molecular weight is 437 g/mol. The van der Waals surface area contributed by atoms with Crippen molar-refractivity contribution in [3.8, 4) is 0 Å². The van der Waals surface area contributed by atoms with Crippen LogP contribution in [0.25, 0.3) is 0 Å². The van der Waals surface area contributed by atoms with E-state index in [4.69, 9.17) is 9.40 Å². The molecular formula is C26H36N4O2. The van der Waals surface area contributed by atoms with Gasteiger partial charge in [-0.05, 0) is 70.9 Å². The number of hydrogen-bond donors (Lipinski definition) is 0. The number of benzene rings is 1. The zero-order valence-corrected chi connectivity index (χ0v) is 19.3. The molecule has 6 heteroatoms. The van der Waals surface area contributed by atoms with Gasteiger partial charge in [-0.1, -0.05) is 30.3 Å². The molecule has 6 nitrogen and oxygen atoms in total. The molecule has 0 bridgehead atoms. The van der Waals surface area contributed by atoms with E-state index >= 15 is 0 Å². The minimum Gasteiger partial charge on any atom is -0.445 e. The van der Waals surface area contributed by atoms with Crippen molar-refractivity contribution in [2.24, 2.45) is 5.92 Å². The van der Waals surface area contributed by atoms with Gasteiger partial charge in [-0.15, -0.1) is 0 Å². The Labute approximate surface area is 191 Å². The Morgan fingerprint density at radius 1 is 1.00 bits per heavy atom. The Hall–Kier alpha value is -2.18. The molecule has 0 atom stereocenters. The van der Waals surface area contributed by atoms with Gasteiger partial charge in [-0.25, -0.2) is 4.98 Å². The van der Waals surface area contributed by atoms with Crippen LogP contribution in [-0.2, 0) is 30.6 Å². The normalized spacial score (nSPS) is 21.6. The summed E-state index contributed by atoms with van der Waals surface area (Å²) in [6.45, 7) is 5.90. The number of piperidine rings is 2. The van der Waals surface area contributed by atoms with Crippen LogP contribution in [0.5, 0.6) is 0 Å². The van der Waals surface area contributed by atoms with E-state index in [0.717, 1.165) is 69.1 Å². The minimum absolute atomic E-state index is 0.170. The van der Waals surface area contributed by atoms with E-state index in [1.165, 1.54) is 31.5 Å². The fraction of sp³-hybridized carbons (Fsp3) is 0.615. The molecule has 32 heavy (non-hydrogen) atoms. The molecule has 3 aliphatic heterocycles. The molecule has 2 aromatic rings. The number of amides is 1. The quantitative estimate of drug-likeness (QED) is 0.721. The second kappa shape index (κ2) is 9.75. The summed E-state index contributed by atoms with van der Waals surface area (Å²) in [7, 11) is 2.21. The number of nitrogens with zero attached hydrogens (tertiary/aromatic N) is 4. The van der Waals surface area contributed by atoms with E-state index in [-0.39, 0.29) is 5.92 Å². The van der Waals surface area contributed by atoms with Crippen molar-refractivity contribution < 1.29 is 9.21 Å². The third-order valence-electron chi connectivity index (χ3n) is 7.64. The van der Waals surface area contributed by atoms with E-state index in [0.29, 0.717) is 18.5 Å². The second-order valence-electron chi connectivity index (χ2n) is 9.82. The number of rotatable bonds is 5. The number of fused-ring (bicyclic) bond motifs is 1. The highest BCUT2D eigenvalue weighted by Gasteiger charge is 2.34. The Bertz CT molecular complexity index is 896. The summed E-state index contributed by atoms with van der Waals surface area (Å²) >= 11 is 0. The average Bonchev–Trinajstić information content (AvgIpc) is 3.26. The number of aryl methyl sites for hydroxylation is 2. The molecule has 2 saturated heterocycles. The lowest BCUT2D eigenvalue weighted by Crippen LogP contribution is -2.49. The van der Waals surface area contributed by atoms with Gasteiger partial charge in [-0.3, -0.25) is 4.79 Å². The highest BCUT2D eigenvalue weighted by molar-refractivity contribution is 5.79. The molecular weight excluding hydrogens is 400 g/mol. The van der Waals surface area contributed by atoms with E-state index in [1.807, 2.05) is 11.0 Å². The Morgan fingerprint density at radius 2 is 1.75 bits per heavy atom.